The molecule has 4 nitrogen and oxygen atoms in total. The smallest absolute Gasteiger partial charge is 0.231 e. The van der Waals surface area contributed by atoms with Gasteiger partial charge in [0.05, 0.1) is 22.7 Å². The second-order valence-corrected chi connectivity index (χ2v) is 4.82. The molecular weight excluding hydrogens is 245 g/mol. The summed E-state index contributed by atoms with van der Waals surface area (Å²) < 4.78 is 13.7. The van der Waals surface area contributed by atoms with E-state index in [2.05, 4.69) is 10.6 Å². The van der Waals surface area contributed by atoms with E-state index in [0.29, 0.717) is 13.0 Å². The molecule has 100 valence electrons. The molecule has 0 spiro atoms. The number of nitrogens with zero attached hydrogens (tertiary/aromatic N) is 1. The number of anilines is 1. The van der Waals surface area contributed by atoms with Crippen LogP contribution in [0.2, 0.25) is 0 Å². The molecule has 2 N–H and O–H groups in total. The molecular formula is C14H16FN3O. The van der Waals surface area contributed by atoms with Gasteiger partial charge in [-0.2, -0.15) is 5.26 Å². The number of halogens is 1. The van der Waals surface area contributed by atoms with Crippen LogP contribution in [0.4, 0.5) is 10.1 Å². The van der Waals surface area contributed by atoms with Crippen LogP contribution in [0.1, 0.15) is 25.3 Å². The third-order valence-electron chi connectivity index (χ3n) is 3.75. The van der Waals surface area contributed by atoms with Crippen molar-refractivity contribution >= 4 is 11.6 Å². The highest BCUT2D eigenvalue weighted by molar-refractivity contribution is 5.95. The molecule has 0 aliphatic carbocycles. The standard InChI is InChI=1S/C14H16FN3O/c1-2-14(5-6-17-9-14)13(19)18-12-4-3-10(8-16)7-11(12)15/h3-4,7,17H,2,5-6,9H2,1H3,(H,18,19). The Balaban J connectivity index is 2.17. The molecule has 1 unspecified atom stereocenters. The van der Waals surface area contributed by atoms with Crippen molar-refractivity contribution < 1.29 is 9.18 Å². The lowest BCUT2D eigenvalue weighted by molar-refractivity contribution is -0.124. The Hall–Kier alpha value is -1.93. The molecule has 5 heteroatoms. The molecule has 1 heterocycles. The van der Waals surface area contributed by atoms with Crippen molar-refractivity contribution in [2.45, 2.75) is 19.8 Å². The molecule has 0 aromatic heterocycles. The van der Waals surface area contributed by atoms with Gasteiger partial charge in [0, 0.05) is 6.54 Å². The fourth-order valence-corrected chi connectivity index (χ4v) is 2.34. The maximum absolute atomic E-state index is 13.7. The minimum Gasteiger partial charge on any atom is -0.323 e. The molecule has 0 radical (unpaired) electrons. The van der Waals surface area contributed by atoms with Crippen molar-refractivity contribution in [2.75, 3.05) is 18.4 Å². The zero-order valence-electron chi connectivity index (χ0n) is 10.8. The van der Waals surface area contributed by atoms with Crippen LogP contribution in [0.3, 0.4) is 0 Å². The van der Waals surface area contributed by atoms with E-state index in [1.807, 2.05) is 13.0 Å². The van der Waals surface area contributed by atoms with Crippen LogP contribution >= 0.6 is 0 Å². The molecule has 19 heavy (non-hydrogen) atoms. The first kappa shape index (κ1) is 13.5. The second-order valence-electron chi connectivity index (χ2n) is 4.82. The van der Waals surface area contributed by atoms with Gasteiger partial charge in [-0.1, -0.05) is 6.92 Å². The number of nitrogens with one attached hydrogen (secondary N) is 2. The molecule has 1 fully saturated rings. The predicted molar refractivity (Wildman–Crippen MR) is 70.0 cm³/mol. The lowest BCUT2D eigenvalue weighted by Gasteiger charge is -2.25. The number of hydrogen-bond acceptors (Lipinski definition) is 3. The highest BCUT2D eigenvalue weighted by Crippen LogP contribution is 2.31. The van der Waals surface area contributed by atoms with Crippen molar-refractivity contribution in [2.24, 2.45) is 5.41 Å². The Morgan fingerprint density at radius 3 is 2.95 bits per heavy atom. The Morgan fingerprint density at radius 2 is 2.42 bits per heavy atom. The number of rotatable bonds is 3. The summed E-state index contributed by atoms with van der Waals surface area (Å²) in [5.41, 5.74) is -0.0904. The van der Waals surface area contributed by atoms with Gasteiger partial charge in [-0.05, 0) is 37.6 Å². The van der Waals surface area contributed by atoms with E-state index in [4.69, 9.17) is 5.26 Å². The number of hydrogen-bond donors (Lipinski definition) is 2. The predicted octanol–water partition coefficient (Wildman–Crippen LogP) is 2.03. The van der Waals surface area contributed by atoms with Crippen molar-refractivity contribution in [1.29, 1.82) is 5.26 Å². The minimum absolute atomic E-state index is 0.128. The van der Waals surface area contributed by atoms with E-state index in [1.165, 1.54) is 12.1 Å². The number of benzene rings is 1. The number of carbonyl (C=O) groups is 1. The zero-order chi connectivity index (χ0) is 13.9. The fraction of sp³-hybridized carbons (Fsp3) is 0.429. The third kappa shape index (κ3) is 2.59. The molecule has 1 saturated heterocycles. The summed E-state index contributed by atoms with van der Waals surface area (Å²) in [5, 5.41) is 14.5. The Morgan fingerprint density at radius 1 is 1.63 bits per heavy atom. The van der Waals surface area contributed by atoms with Gasteiger partial charge in [-0.15, -0.1) is 0 Å². The molecule has 0 bridgehead atoms. The SMILES string of the molecule is CCC1(C(=O)Nc2ccc(C#N)cc2F)CCNC1. The molecule has 1 aliphatic rings. The van der Waals surface area contributed by atoms with Gasteiger partial charge >= 0.3 is 0 Å². The van der Waals surface area contributed by atoms with E-state index >= 15 is 0 Å². The molecule has 1 aromatic rings. The average Bonchev–Trinajstić information content (AvgIpc) is 2.91. The van der Waals surface area contributed by atoms with Crippen LogP contribution in [-0.2, 0) is 4.79 Å². The first-order chi connectivity index (χ1) is 9.11. The van der Waals surface area contributed by atoms with Crippen LogP contribution < -0.4 is 10.6 Å². The first-order valence-corrected chi connectivity index (χ1v) is 6.33. The average molecular weight is 261 g/mol. The van der Waals surface area contributed by atoms with Crippen molar-refractivity contribution in [3.05, 3.63) is 29.6 Å². The van der Waals surface area contributed by atoms with Crippen molar-refractivity contribution in [3.63, 3.8) is 0 Å². The summed E-state index contributed by atoms with van der Waals surface area (Å²) in [6, 6.07) is 5.90. The van der Waals surface area contributed by atoms with E-state index in [0.717, 1.165) is 19.0 Å². The number of nitriles is 1. The van der Waals surface area contributed by atoms with E-state index in [-0.39, 0.29) is 17.2 Å². The minimum atomic E-state index is -0.579. The van der Waals surface area contributed by atoms with Crippen LogP contribution in [0, 0.1) is 22.6 Å². The van der Waals surface area contributed by atoms with Crippen LogP contribution in [0.25, 0.3) is 0 Å². The maximum atomic E-state index is 13.7. The summed E-state index contributed by atoms with van der Waals surface area (Å²) in [7, 11) is 0. The van der Waals surface area contributed by atoms with E-state index in [1.54, 1.807) is 0 Å². The number of carbonyl (C=O) groups excluding carboxylic acids is 1. The Kier molecular flexibility index (Phi) is 3.82. The van der Waals surface area contributed by atoms with Gasteiger partial charge in [0.1, 0.15) is 5.82 Å². The Bertz CT molecular complexity index is 530. The summed E-state index contributed by atoms with van der Waals surface area (Å²) >= 11 is 0. The topological polar surface area (TPSA) is 64.9 Å². The molecule has 1 aliphatic heterocycles. The Labute approximate surface area is 111 Å². The van der Waals surface area contributed by atoms with Gasteiger partial charge in [-0.3, -0.25) is 4.79 Å². The largest absolute Gasteiger partial charge is 0.323 e. The summed E-state index contributed by atoms with van der Waals surface area (Å²) in [4.78, 5) is 12.3. The van der Waals surface area contributed by atoms with Crippen LogP contribution in [0.5, 0.6) is 0 Å². The highest BCUT2D eigenvalue weighted by Gasteiger charge is 2.39. The monoisotopic (exact) mass is 261 g/mol. The summed E-state index contributed by atoms with van der Waals surface area (Å²) in [6.45, 7) is 3.38. The zero-order valence-corrected chi connectivity index (χ0v) is 10.8. The van der Waals surface area contributed by atoms with Gasteiger partial charge in [0.2, 0.25) is 5.91 Å². The van der Waals surface area contributed by atoms with E-state index in [9.17, 15) is 9.18 Å². The van der Waals surface area contributed by atoms with E-state index < -0.39 is 11.2 Å². The first-order valence-electron chi connectivity index (χ1n) is 6.33. The molecule has 0 saturated carbocycles. The van der Waals surface area contributed by atoms with Crippen LogP contribution in [0.15, 0.2) is 18.2 Å². The van der Waals surface area contributed by atoms with Gasteiger partial charge in [0.15, 0.2) is 0 Å². The van der Waals surface area contributed by atoms with Crippen molar-refractivity contribution in [3.8, 4) is 6.07 Å². The lowest BCUT2D eigenvalue weighted by Crippen LogP contribution is -2.37. The molecule has 1 atom stereocenters. The molecule has 1 amide bonds. The maximum Gasteiger partial charge on any atom is 0.231 e. The molecule has 1 aromatic carbocycles. The lowest BCUT2D eigenvalue weighted by atomic mass is 9.83. The number of amides is 1. The molecule has 2 rings (SSSR count). The quantitative estimate of drug-likeness (QED) is 0.875. The van der Waals surface area contributed by atoms with Gasteiger partial charge in [0.25, 0.3) is 0 Å². The summed E-state index contributed by atoms with van der Waals surface area (Å²) in [6.07, 6.45) is 1.47. The van der Waals surface area contributed by atoms with Gasteiger partial charge in [-0.25, -0.2) is 4.39 Å². The van der Waals surface area contributed by atoms with Gasteiger partial charge < -0.3 is 10.6 Å². The second kappa shape index (κ2) is 5.37. The highest BCUT2D eigenvalue weighted by atomic mass is 19.1. The van der Waals surface area contributed by atoms with Crippen LogP contribution in [-0.4, -0.2) is 19.0 Å². The summed E-state index contributed by atoms with van der Waals surface area (Å²) in [5.74, 6) is -0.742. The normalized spacial score (nSPS) is 21.9. The van der Waals surface area contributed by atoms with Crippen molar-refractivity contribution in [1.82, 2.24) is 5.32 Å². The fourth-order valence-electron chi connectivity index (χ4n) is 2.34. The third-order valence-corrected chi connectivity index (χ3v) is 3.75.